The molecule has 2 unspecified atom stereocenters. The van der Waals surface area contributed by atoms with Gasteiger partial charge in [0, 0.05) is 0 Å². The molecule has 2 heteroatoms. The van der Waals surface area contributed by atoms with Gasteiger partial charge in [-0.05, 0) is 24.7 Å². The fourth-order valence-corrected chi connectivity index (χ4v) is 1.50. The van der Waals surface area contributed by atoms with E-state index in [-0.39, 0.29) is 12.3 Å². The zero-order valence-corrected chi connectivity index (χ0v) is 6.79. The van der Waals surface area contributed by atoms with Crippen LogP contribution in [0.2, 0.25) is 0 Å². The van der Waals surface area contributed by atoms with Crippen LogP contribution in [0.5, 0.6) is 0 Å². The quantitative estimate of drug-likeness (QED) is 0.618. The average molecular weight is 154 g/mol. The number of carboxylic acid groups (broad SMARTS) is 1. The summed E-state index contributed by atoms with van der Waals surface area (Å²) in [5, 5.41) is 8.55. The molecule has 0 aromatic carbocycles. The Labute approximate surface area is 66.9 Å². The van der Waals surface area contributed by atoms with Gasteiger partial charge in [-0.25, -0.2) is 0 Å². The van der Waals surface area contributed by atoms with E-state index in [0.29, 0.717) is 5.92 Å². The Morgan fingerprint density at radius 3 is 3.00 bits per heavy atom. The SMILES string of the molecule is CC1CCC=CC1CC(=O)O. The van der Waals surface area contributed by atoms with Crippen LogP contribution in [0.1, 0.15) is 26.2 Å². The zero-order chi connectivity index (χ0) is 8.27. The molecule has 2 atom stereocenters. The van der Waals surface area contributed by atoms with Crippen molar-refractivity contribution in [3.63, 3.8) is 0 Å². The van der Waals surface area contributed by atoms with Gasteiger partial charge in [-0.2, -0.15) is 0 Å². The first-order valence-electron chi connectivity index (χ1n) is 4.08. The van der Waals surface area contributed by atoms with Crippen LogP contribution in [0, 0.1) is 11.8 Å². The Kier molecular flexibility index (Phi) is 2.69. The van der Waals surface area contributed by atoms with E-state index in [0.717, 1.165) is 12.8 Å². The standard InChI is InChI=1S/C9H14O2/c1-7-4-2-3-5-8(7)6-9(10)11/h3,5,7-8H,2,4,6H2,1H3,(H,10,11). The molecular weight excluding hydrogens is 140 g/mol. The van der Waals surface area contributed by atoms with Crippen LogP contribution in [-0.2, 0) is 4.79 Å². The van der Waals surface area contributed by atoms with Crippen LogP contribution >= 0.6 is 0 Å². The van der Waals surface area contributed by atoms with Gasteiger partial charge < -0.3 is 5.11 Å². The molecule has 0 saturated heterocycles. The maximum atomic E-state index is 10.4. The second-order valence-corrected chi connectivity index (χ2v) is 3.24. The Morgan fingerprint density at radius 2 is 2.45 bits per heavy atom. The molecule has 0 fully saturated rings. The van der Waals surface area contributed by atoms with Crippen LogP contribution in [0.25, 0.3) is 0 Å². The molecule has 11 heavy (non-hydrogen) atoms. The third-order valence-corrected chi connectivity index (χ3v) is 2.31. The third-order valence-electron chi connectivity index (χ3n) is 2.31. The smallest absolute Gasteiger partial charge is 0.303 e. The summed E-state index contributed by atoms with van der Waals surface area (Å²) in [5.74, 6) is 0.116. The normalized spacial score (nSPS) is 30.3. The summed E-state index contributed by atoms with van der Waals surface area (Å²) >= 11 is 0. The van der Waals surface area contributed by atoms with Crippen molar-refractivity contribution < 1.29 is 9.90 Å². The highest BCUT2D eigenvalue weighted by atomic mass is 16.4. The van der Waals surface area contributed by atoms with Crippen molar-refractivity contribution in [3.05, 3.63) is 12.2 Å². The number of hydrogen-bond donors (Lipinski definition) is 1. The molecule has 1 aliphatic rings. The van der Waals surface area contributed by atoms with Gasteiger partial charge in [0.25, 0.3) is 0 Å². The predicted octanol–water partition coefficient (Wildman–Crippen LogP) is 2.06. The Hall–Kier alpha value is -0.790. The summed E-state index contributed by atoms with van der Waals surface area (Å²) in [6.07, 6.45) is 6.67. The molecule has 62 valence electrons. The van der Waals surface area contributed by atoms with Crippen LogP contribution < -0.4 is 0 Å². The molecule has 1 aliphatic carbocycles. The van der Waals surface area contributed by atoms with Crippen LogP contribution in [0.15, 0.2) is 12.2 Å². The first-order valence-corrected chi connectivity index (χ1v) is 4.08. The van der Waals surface area contributed by atoms with Gasteiger partial charge in [0.15, 0.2) is 0 Å². The minimum Gasteiger partial charge on any atom is -0.481 e. The molecule has 0 aromatic heterocycles. The van der Waals surface area contributed by atoms with E-state index >= 15 is 0 Å². The first-order chi connectivity index (χ1) is 5.20. The molecule has 0 heterocycles. The predicted molar refractivity (Wildman–Crippen MR) is 43.3 cm³/mol. The monoisotopic (exact) mass is 154 g/mol. The van der Waals surface area contributed by atoms with Crippen molar-refractivity contribution in [2.75, 3.05) is 0 Å². The molecule has 1 rings (SSSR count). The first kappa shape index (κ1) is 8.31. The summed E-state index contributed by atoms with van der Waals surface area (Å²) in [6, 6.07) is 0. The molecule has 0 radical (unpaired) electrons. The van der Waals surface area contributed by atoms with Crippen molar-refractivity contribution in [2.45, 2.75) is 26.2 Å². The maximum absolute atomic E-state index is 10.4. The van der Waals surface area contributed by atoms with E-state index in [9.17, 15) is 4.79 Å². The van der Waals surface area contributed by atoms with Gasteiger partial charge in [0.05, 0.1) is 6.42 Å². The summed E-state index contributed by atoms with van der Waals surface area (Å²) in [6.45, 7) is 2.12. The molecule has 0 aromatic rings. The Balaban J connectivity index is 2.48. The highest BCUT2D eigenvalue weighted by Crippen LogP contribution is 2.26. The molecule has 0 amide bonds. The lowest BCUT2D eigenvalue weighted by Gasteiger charge is -2.22. The second kappa shape index (κ2) is 3.56. The topological polar surface area (TPSA) is 37.3 Å². The number of allylic oxidation sites excluding steroid dienone is 2. The summed E-state index contributed by atoms with van der Waals surface area (Å²) in [7, 11) is 0. The average Bonchev–Trinajstić information content (AvgIpc) is 1.93. The van der Waals surface area contributed by atoms with Crippen molar-refractivity contribution in [3.8, 4) is 0 Å². The van der Waals surface area contributed by atoms with Gasteiger partial charge in [-0.1, -0.05) is 19.1 Å². The number of hydrogen-bond acceptors (Lipinski definition) is 1. The van der Waals surface area contributed by atoms with Gasteiger partial charge in [-0.15, -0.1) is 0 Å². The summed E-state index contributed by atoms with van der Waals surface area (Å²) in [5.41, 5.74) is 0. The van der Waals surface area contributed by atoms with Crippen molar-refractivity contribution in [2.24, 2.45) is 11.8 Å². The van der Waals surface area contributed by atoms with Gasteiger partial charge >= 0.3 is 5.97 Å². The fraction of sp³-hybridized carbons (Fsp3) is 0.667. The Bertz CT molecular complexity index is 172. The van der Waals surface area contributed by atoms with Crippen molar-refractivity contribution >= 4 is 5.97 Å². The molecule has 2 nitrogen and oxygen atoms in total. The number of aliphatic carboxylic acids is 1. The lowest BCUT2D eigenvalue weighted by Crippen LogP contribution is -2.16. The highest BCUT2D eigenvalue weighted by molar-refractivity contribution is 5.67. The summed E-state index contributed by atoms with van der Waals surface area (Å²) < 4.78 is 0. The highest BCUT2D eigenvalue weighted by Gasteiger charge is 2.19. The van der Waals surface area contributed by atoms with E-state index < -0.39 is 5.97 Å². The molecule has 1 N–H and O–H groups in total. The van der Waals surface area contributed by atoms with E-state index in [2.05, 4.69) is 13.0 Å². The number of carbonyl (C=O) groups is 1. The zero-order valence-electron chi connectivity index (χ0n) is 6.79. The number of carboxylic acids is 1. The van der Waals surface area contributed by atoms with E-state index in [1.54, 1.807) is 0 Å². The van der Waals surface area contributed by atoms with Crippen LogP contribution in [-0.4, -0.2) is 11.1 Å². The third kappa shape index (κ3) is 2.37. The number of rotatable bonds is 2. The minimum atomic E-state index is -0.687. The van der Waals surface area contributed by atoms with E-state index in [4.69, 9.17) is 5.11 Å². The molecular formula is C9H14O2. The van der Waals surface area contributed by atoms with Crippen molar-refractivity contribution in [1.29, 1.82) is 0 Å². The molecule has 0 saturated carbocycles. The minimum absolute atomic E-state index is 0.265. The summed E-state index contributed by atoms with van der Waals surface area (Å²) in [4.78, 5) is 10.4. The Morgan fingerprint density at radius 1 is 1.73 bits per heavy atom. The van der Waals surface area contributed by atoms with Gasteiger partial charge in [0.2, 0.25) is 0 Å². The lowest BCUT2D eigenvalue weighted by atomic mass is 9.83. The molecule has 0 spiro atoms. The molecule has 0 bridgehead atoms. The lowest BCUT2D eigenvalue weighted by molar-refractivity contribution is -0.138. The van der Waals surface area contributed by atoms with E-state index in [1.807, 2.05) is 6.08 Å². The molecule has 0 aliphatic heterocycles. The van der Waals surface area contributed by atoms with Gasteiger partial charge in [0.1, 0.15) is 0 Å². The van der Waals surface area contributed by atoms with Crippen LogP contribution in [0.3, 0.4) is 0 Å². The van der Waals surface area contributed by atoms with Crippen LogP contribution in [0.4, 0.5) is 0 Å². The fourth-order valence-electron chi connectivity index (χ4n) is 1.50. The second-order valence-electron chi connectivity index (χ2n) is 3.24. The largest absolute Gasteiger partial charge is 0.481 e. The van der Waals surface area contributed by atoms with E-state index in [1.165, 1.54) is 0 Å². The maximum Gasteiger partial charge on any atom is 0.303 e. The van der Waals surface area contributed by atoms with Gasteiger partial charge in [-0.3, -0.25) is 4.79 Å². The van der Waals surface area contributed by atoms with Crippen molar-refractivity contribution in [1.82, 2.24) is 0 Å².